The molecule has 1 aromatic carbocycles. The Bertz CT molecular complexity index is 966. The van der Waals surface area contributed by atoms with Gasteiger partial charge in [0, 0.05) is 24.1 Å². The van der Waals surface area contributed by atoms with Crippen molar-refractivity contribution in [2.75, 3.05) is 13.2 Å². The number of carbonyl (C=O) groups is 2. The number of aromatic nitrogens is 2. The van der Waals surface area contributed by atoms with Crippen LogP contribution in [0.5, 0.6) is 0 Å². The summed E-state index contributed by atoms with van der Waals surface area (Å²) in [5, 5.41) is 4.51. The van der Waals surface area contributed by atoms with Crippen LogP contribution in [0.25, 0.3) is 0 Å². The van der Waals surface area contributed by atoms with E-state index in [0.717, 1.165) is 0 Å². The highest BCUT2D eigenvalue weighted by atomic mass is 19.3. The quantitative estimate of drug-likeness (QED) is 0.654. The number of amides is 1. The maximum atomic E-state index is 13.4. The van der Waals surface area contributed by atoms with Gasteiger partial charge in [0.2, 0.25) is 0 Å². The first-order chi connectivity index (χ1) is 14.6. The predicted octanol–water partition coefficient (Wildman–Crippen LogP) is 4.34. The molecule has 0 N–H and O–H groups in total. The number of halogens is 2. The van der Waals surface area contributed by atoms with Crippen LogP contribution in [0.15, 0.2) is 24.3 Å². The minimum absolute atomic E-state index is 0.00585. The van der Waals surface area contributed by atoms with E-state index in [0.29, 0.717) is 29.8 Å². The van der Waals surface area contributed by atoms with Crippen molar-refractivity contribution in [1.82, 2.24) is 14.7 Å². The summed E-state index contributed by atoms with van der Waals surface area (Å²) in [5.74, 6) is -0.600. The molecule has 0 aliphatic carbocycles. The Balaban J connectivity index is 1.96. The molecule has 1 aliphatic heterocycles. The van der Waals surface area contributed by atoms with Gasteiger partial charge in [-0.2, -0.15) is 5.10 Å². The van der Waals surface area contributed by atoms with Crippen LogP contribution in [-0.4, -0.2) is 45.5 Å². The van der Waals surface area contributed by atoms with Crippen LogP contribution in [-0.2, 0) is 29.0 Å². The van der Waals surface area contributed by atoms with Crippen molar-refractivity contribution >= 4 is 12.1 Å². The molecule has 2 heterocycles. The van der Waals surface area contributed by atoms with Gasteiger partial charge in [0.05, 0.1) is 25.4 Å². The molecule has 0 radical (unpaired) electrons. The Labute approximate surface area is 179 Å². The molecule has 0 atom stereocenters. The van der Waals surface area contributed by atoms with E-state index in [1.807, 2.05) is 0 Å². The first kappa shape index (κ1) is 22.7. The second-order valence-corrected chi connectivity index (χ2v) is 8.30. The minimum atomic E-state index is -2.64. The fourth-order valence-corrected chi connectivity index (χ4v) is 3.50. The Morgan fingerprint density at radius 2 is 1.94 bits per heavy atom. The van der Waals surface area contributed by atoms with Gasteiger partial charge in [-0.05, 0) is 33.3 Å². The van der Waals surface area contributed by atoms with E-state index in [4.69, 9.17) is 9.47 Å². The molecule has 7 nitrogen and oxygen atoms in total. The highest BCUT2D eigenvalue weighted by Gasteiger charge is 2.33. The molecule has 1 amide bonds. The molecule has 0 unspecified atom stereocenters. The summed E-state index contributed by atoms with van der Waals surface area (Å²) >= 11 is 0. The smallest absolute Gasteiger partial charge is 0.410 e. The molecule has 2 aromatic rings. The van der Waals surface area contributed by atoms with Crippen LogP contribution in [0.1, 0.15) is 67.0 Å². The Morgan fingerprint density at radius 3 is 2.58 bits per heavy atom. The number of fused-ring (bicyclic) bond motifs is 1. The maximum Gasteiger partial charge on any atom is 0.410 e. The zero-order valence-electron chi connectivity index (χ0n) is 18.2. The normalized spacial score (nSPS) is 13.8. The number of alkyl halides is 2. The van der Waals surface area contributed by atoms with Crippen molar-refractivity contribution in [2.45, 2.75) is 59.2 Å². The summed E-state index contributed by atoms with van der Waals surface area (Å²) in [6.45, 7) is 7.69. The lowest BCUT2D eigenvalue weighted by Crippen LogP contribution is -2.40. The molecule has 31 heavy (non-hydrogen) atoms. The molecule has 0 saturated heterocycles. The highest BCUT2D eigenvalue weighted by molar-refractivity contribution is 5.90. The van der Waals surface area contributed by atoms with Crippen molar-refractivity contribution < 1.29 is 27.8 Å². The van der Waals surface area contributed by atoms with E-state index in [-0.39, 0.29) is 31.0 Å². The minimum Gasteiger partial charge on any atom is -0.461 e. The van der Waals surface area contributed by atoms with Gasteiger partial charge in [0.1, 0.15) is 5.60 Å². The zero-order valence-corrected chi connectivity index (χ0v) is 18.2. The largest absolute Gasteiger partial charge is 0.461 e. The van der Waals surface area contributed by atoms with Gasteiger partial charge < -0.3 is 14.4 Å². The van der Waals surface area contributed by atoms with Gasteiger partial charge in [0.15, 0.2) is 5.69 Å². The van der Waals surface area contributed by atoms with Crippen LogP contribution in [0.4, 0.5) is 13.6 Å². The molecule has 0 fully saturated rings. The van der Waals surface area contributed by atoms with E-state index in [2.05, 4.69) is 5.10 Å². The average molecular weight is 435 g/mol. The second-order valence-electron chi connectivity index (χ2n) is 8.30. The Kier molecular flexibility index (Phi) is 6.62. The second kappa shape index (κ2) is 9.03. The van der Waals surface area contributed by atoms with Gasteiger partial charge in [-0.1, -0.05) is 24.3 Å². The first-order valence-electron chi connectivity index (χ1n) is 10.2. The molecule has 0 spiro atoms. The third-order valence-corrected chi connectivity index (χ3v) is 4.83. The molecular weight excluding hydrogens is 408 g/mol. The fourth-order valence-electron chi connectivity index (χ4n) is 3.50. The number of hydrogen-bond acceptors (Lipinski definition) is 5. The SMILES string of the molecule is CCOC(=O)c1c2c(nn1Cc1ccccc1C(F)F)CCN(C(=O)OC(C)(C)C)C2. The summed E-state index contributed by atoms with van der Waals surface area (Å²) in [6.07, 6.45) is -2.70. The number of rotatable bonds is 5. The number of nitrogens with zero attached hydrogens (tertiary/aromatic N) is 3. The average Bonchev–Trinajstić information content (AvgIpc) is 3.04. The Hall–Kier alpha value is -2.97. The zero-order chi connectivity index (χ0) is 22.8. The number of esters is 1. The van der Waals surface area contributed by atoms with Crippen LogP contribution < -0.4 is 0 Å². The number of benzene rings is 1. The van der Waals surface area contributed by atoms with Crippen molar-refractivity contribution in [1.29, 1.82) is 0 Å². The Morgan fingerprint density at radius 1 is 1.23 bits per heavy atom. The summed E-state index contributed by atoms with van der Waals surface area (Å²) in [5.41, 5.74) is 0.995. The fraction of sp³-hybridized carbons (Fsp3) is 0.500. The summed E-state index contributed by atoms with van der Waals surface area (Å²) in [7, 11) is 0. The monoisotopic (exact) mass is 435 g/mol. The molecule has 9 heteroatoms. The van der Waals surface area contributed by atoms with Crippen LogP contribution >= 0.6 is 0 Å². The summed E-state index contributed by atoms with van der Waals surface area (Å²) in [6, 6.07) is 6.16. The summed E-state index contributed by atoms with van der Waals surface area (Å²) < 4.78 is 38.9. The third kappa shape index (κ3) is 5.21. The number of hydrogen-bond donors (Lipinski definition) is 0. The lowest BCUT2D eigenvalue weighted by molar-refractivity contribution is 0.0219. The van der Waals surface area contributed by atoms with Crippen molar-refractivity contribution in [3.05, 3.63) is 52.3 Å². The van der Waals surface area contributed by atoms with Gasteiger partial charge in [-0.3, -0.25) is 4.68 Å². The van der Waals surface area contributed by atoms with E-state index >= 15 is 0 Å². The molecular formula is C22H27F2N3O4. The van der Waals surface area contributed by atoms with Gasteiger partial charge in [-0.15, -0.1) is 0 Å². The van der Waals surface area contributed by atoms with Crippen molar-refractivity contribution in [2.24, 2.45) is 0 Å². The third-order valence-electron chi connectivity index (χ3n) is 4.83. The molecule has 3 rings (SSSR count). The predicted molar refractivity (Wildman–Crippen MR) is 109 cm³/mol. The number of carbonyl (C=O) groups excluding carboxylic acids is 2. The van der Waals surface area contributed by atoms with Crippen LogP contribution in [0, 0.1) is 0 Å². The standard InChI is InChI=1S/C22H27F2N3O4/c1-5-30-20(28)18-16-13-26(21(29)31-22(2,3)4)11-10-17(16)25-27(18)12-14-8-6-7-9-15(14)19(23)24/h6-9,19H,5,10-13H2,1-4H3. The first-order valence-corrected chi connectivity index (χ1v) is 10.2. The molecule has 0 bridgehead atoms. The molecule has 1 aromatic heterocycles. The molecule has 0 saturated carbocycles. The summed E-state index contributed by atoms with van der Waals surface area (Å²) in [4.78, 5) is 26.8. The van der Waals surface area contributed by atoms with Crippen molar-refractivity contribution in [3.8, 4) is 0 Å². The molecule has 1 aliphatic rings. The maximum absolute atomic E-state index is 13.4. The van der Waals surface area contributed by atoms with Crippen LogP contribution in [0.2, 0.25) is 0 Å². The number of ether oxygens (including phenoxy) is 2. The van der Waals surface area contributed by atoms with E-state index in [9.17, 15) is 18.4 Å². The van der Waals surface area contributed by atoms with Gasteiger partial charge in [0.25, 0.3) is 6.43 Å². The topological polar surface area (TPSA) is 73.7 Å². The van der Waals surface area contributed by atoms with E-state index in [1.54, 1.807) is 45.9 Å². The van der Waals surface area contributed by atoms with E-state index < -0.39 is 24.1 Å². The highest BCUT2D eigenvalue weighted by Crippen LogP contribution is 2.28. The van der Waals surface area contributed by atoms with Crippen molar-refractivity contribution in [3.63, 3.8) is 0 Å². The van der Waals surface area contributed by atoms with E-state index in [1.165, 1.54) is 15.6 Å². The van der Waals surface area contributed by atoms with Gasteiger partial charge >= 0.3 is 12.1 Å². The molecule has 168 valence electrons. The lowest BCUT2D eigenvalue weighted by Gasteiger charge is -2.29. The van der Waals surface area contributed by atoms with Gasteiger partial charge in [-0.25, -0.2) is 18.4 Å². The lowest BCUT2D eigenvalue weighted by atomic mass is 10.1. The van der Waals surface area contributed by atoms with Crippen LogP contribution in [0.3, 0.4) is 0 Å².